The zero-order chi connectivity index (χ0) is 18.9. The van der Waals surface area contributed by atoms with Gasteiger partial charge in [0, 0.05) is 30.1 Å². The first-order valence-corrected chi connectivity index (χ1v) is 8.49. The molecule has 3 rings (SSSR count). The van der Waals surface area contributed by atoms with E-state index < -0.39 is 17.7 Å². The summed E-state index contributed by atoms with van der Waals surface area (Å²) in [6, 6.07) is 1.86. The Hall–Kier alpha value is -2.30. The quantitative estimate of drug-likeness (QED) is 0.797. The van der Waals surface area contributed by atoms with Crippen LogP contribution in [0, 0.1) is 0 Å². The number of ether oxygens (including phenoxy) is 1. The molecule has 2 aromatic heterocycles. The number of amides is 1. The van der Waals surface area contributed by atoms with Crippen LogP contribution in [0.25, 0.3) is 11.3 Å². The number of aromatic carboxylic acids is 1. The summed E-state index contributed by atoms with van der Waals surface area (Å²) in [4.78, 5) is 27.6. The fourth-order valence-electron chi connectivity index (χ4n) is 3.05. The zero-order valence-corrected chi connectivity index (χ0v) is 15.1. The van der Waals surface area contributed by atoms with Gasteiger partial charge in [-0.15, -0.1) is 0 Å². The Morgan fingerprint density at radius 1 is 1.33 bits per heavy atom. The van der Waals surface area contributed by atoms with E-state index in [1.807, 2.05) is 6.07 Å². The third-order valence-corrected chi connectivity index (χ3v) is 4.05. The molecule has 0 saturated heterocycles. The molecule has 0 aliphatic heterocycles. The maximum absolute atomic E-state index is 11.8. The molecule has 140 valence electrons. The molecule has 2 heterocycles. The van der Waals surface area contributed by atoms with Gasteiger partial charge in [-0.1, -0.05) is 0 Å². The summed E-state index contributed by atoms with van der Waals surface area (Å²) >= 11 is 0. The zero-order valence-electron chi connectivity index (χ0n) is 15.1. The molecule has 0 bridgehead atoms. The molecule has 0 unspecified atom stereocenters. The first kappa shape index (κ1) is 21.0. The Bertz CT molecular complexity index is 858. The van der Waals surface area contributed by atoms with Gasteiger partial charge in [0.1, 0.15) is 11.3 Å². The maximum atomic E-state index is 11.8. The van der Waals surface area contributed by atoms with Crippen molar-refractivity contribution in [3.05, 3.63) is 35.3 Å². The van der Waals surface area contributed by atoms with Gasteiger partial charge in [-0.2, -0.15) is 5.10 Å². The Morgan fingerprint density at radius 2 is 2.07 bits per heavy atom. The molecule has 0 radical (unpaired) electrons. The first-order valence-electron chi connectivity index (χ1n) is 8.49. The Morgan fingerprint density at radius 3 is 2.74 bits per heavy atom. The fourth-order valence-corrected chi connectivity index (χ4v) is 3.05. The van der Waals surface area contributed by atoms with Crippen LogP contribution in [0.2, 0.25) is 0 Å². The second kappa shape index (κ2) is 8.15. The number of aromatic nitrogens is 3. The van der Waals surface area contributed by atoms with E-state index in [0.29, 0.717) is 12.1 Å². The van der Waals surface area contributed by atoms with Crippen molar-refractivity contribution in [1.29, 1.82) is 0 Å². The number of hydrogen-bond donors (Lipinski definition) is 2. The number of nitrogens with zero attached hydrogens (tertiary/aromatic N) is 3. The summed E-state index contributed by atoms with van der Waals surface area (Å²) in [5.41, 5.74) is 2.99. The number of alkyl carbamates (subject to hydrolysis) is 1. The van der Waals surface area contributed by atoms with Crippen molar-refractivity contribution in [3.63, 3.8) is 0 Å². The number of hydrogen-bond acceptors (Lipinski definition) is 5. The summed E-state index contributed by atoms with van der Waals surface area (Å²) in [6.07, 6.45) is 4.27. The van der Waals surface area contributed by atoms with E-state index >= 15 is 0 Å². The molecular weight excluding hydrogens is 343 g/mol. The Kier molecular flexibility index (Phi) is 6.34. The molecule has 1 aliphatic rings. The van der Waals surface area contributed by atoms with Crippen molar-refractivity contribution < 1.29 is 19.4 Å². The molecule has 8 nitrogen and oxygen atoms in total. The molecule has 2 aromatic rings. The molecule has 0 spiro atoms. The third-order valence-electron chi connectivity index (χ3n) is 4.05. The first-order chi connectivity index (χ1) is 12.3. The van der Waals surface area contributed by atoms with Gasteiger partial charge in [0.2, 0.25) is 0 Å². The molecule has 0 aromatic carbocycles. The molecule has 1 aliphatic carbocycles. The topological polar surface area (TPSA) is 106 Å². The van der Waals surface area contributed by atoms with Crippen LogP contribution in [0.15, 0.2) is 18.5 Å². The van der Waals surface area contributed by atoms with Crippen molar-refractivity contribution in [2.45, 2.75) is 45.8 Å². The molecule has 1 amide bonds. The SMILES string of the molecule is CC(C)(C)OC(=O)NCCn1nc2c(c1C(=O)O)CCc1cnccc1-2.[LiH]. The second-order valence-electron chi connectivity index (χ2n) is 7.17. The van der Waals surface area contributed by atoms with Gasteiger partial charge in [-0.05, 0) is 45.2 Å². The monoisotopic (exact) mass is 366 g/mol. The standard InChI is InChI=1S/C18H22N4O4.Li.H/c1-18(2,3)26-17(25)20-8-9-22-15(16(23)24)13-5-4-11-10-19-7-6-12(11)14(13)21-22;;/h6-7,10H,4-5,8-9H2,1-3H3,(H,20,25)(H,23,24);;. The normalized spacial score (nSPS) is 12.4. The second-order valence-corrected chi connectivity index (χ2v) is 7.17. The minimum atomic E-state index is -1.02. The van der Waals surface area contributed by atoms with E-state index in [4.69, 9.17) is 4.74 Å². The summed E-state index contributed by atoms with van der Waals surface area (Å²) in [5.74, 6) is -1.02. The molecule has 0 atom stereocenters. The van der Waals surface area contributed by atoms with Crippen LogP contribution in [0.1, 0.15) is 42.4 Å². The van der Waals surface area contributed by atoms with Gasteiger partial charge in [-0.25, -0.2) is 9.59 Å². The number of nitrogens with one attached hydrogen (secondary N) is 1. The molecule has 0 fully saturated rings. The van der Waals surface area contributed by atoms with Crippen LogP contribution in [0.3, 0.4) is 0 Å². The average molecular weight is 366 g/mol. The minimum absolute atomic E-state index is 0. The number of carbonyl (C=O) groups excluding carboxylic acids is 1. The molecule has 27 heavy (non-hydrogen) atoms. The van der Waals surface area contributed by atoms with Gasteiger partial charge in [0.05, 0.1) is 12.2 Å². The van der Waals surface area contributed by atoms with Crippen molar-refractivity contribution in [1.82, 2.24) is 20.1 Å². The predicted molar refractivity (Wildman–Crippen MR) is 101 cm³/mol. The summed E-state index contributed by atoms with van der Waals surface area (Å²) in [6.45, 7) is 5.81. The van der Waals surface area contributed by atoms with Gasteiger partial charge >= 0.3 is 30.9 Å². The van der Waals surface area contributed by atoms with E-state index in [0.717, 1.165) is 23.1 Å². The summed E-state index contributed by atoms with van der Waals surface area (Å²) < 4.78 is 6.62. The van der Waals surface area contributed by atoms with Crippen LogP contribution in [0.5, 0.6) is 0 Å². The number of aryl methyl sites for hydroxylation is 1. The summed E-state index contributed by atoms with van der Waals surface area (Å²) in [5, 5.41) is 16.8. The Balaban J connectivity index is 0.00000261. The van der Waals surface area contributed by atoms with E-state index in [1.165, 1.54) is 4.68 Å². The number of carboxylic acids is 1. The van der Waals surface area contributed by atoms with Crippen LogP contribution < -0.4 is 5.32 Å². The summed E-state index contributed by atoms with van der Waals surface area (Å²) in [7, 11) is 0. The average Bonchev–Trinajstić information content (AvgIpc) is 2.92. The van der Waals surface area contributed by atoms with Crippen molar-refractivity contribution in [2.24, 2.45) is 0 Å². The van der Waals surface area contributed by atoms with E-state index in [1.54, 1.807) is 33.2 Å². The van der Waals surface area contributed by atoms with Gasteiger partial charge < -0.3 is 15.2 Å². The van der Waals surface area contributed by atoms with Crippen LogP contribution >= 0.6 is 0 Å². The van der Waals surface area contributed by atoms with Crippen LogP contribution in [0.4, 0.5) is 4.79 Å². The van der Waals surface area contributed by atoms with Gasteiger partial charge in [-0.3, -0.25) is 9.67 Å². The van der Waals surface area contributed by atoms with Crippen LogP contribution in [-0.4, -0.2) is 62.9 Å². The van der Waals surface area contributed by atoms with E-state index in [9.17, 15) is 14.7 Å². The van der Waals surface area contributed by atoms with Crippen molar-refractivity contribution in [3.8, 4) is 11.3 Å². The fraction of sp³-hybridized carbons (Fsp3) is 0.444. The number of pyridine rings is 1. The molecule has 2 N–H and O–H groups in total. The van der Waals surface area contributed by atoms with Crippen LogP contribution in [-0.2, 0) is 24.1 Å². The van der Waals surface area contributed by atoms with Gasteiger partial charge in [0.15, 0.2) is 0 Å². The molecular formula is C18H23LiN4O4. The number of rotatable bonds is 4. The molecule has 9 heteroatoms. The number of carbonyl (C=O) groups is 2. The van der Waals surface area contributed by atoms with E-state index in [-0.39, 0.29) is 37.6 Å². The molecule has 0 saturated carbocycles. The van der Waals surface area contributed by atoms with Crippen molar-refractivity contribution >= 4 is 30.9 Å². The number of fused-ring (bicyclic) bond motifs is 3. The number of carboxylic acid groups (broad SMARTS) is 1. The van der Waals surface area contributed by atoms with Crippen molar-refractivity contribution in [2.75, 3.05) is 6.54 Å². The third kappa shape index (κ3) is 4.70. The van der Waals surface area contributed by atoms with E-state index in [2.05, 4.69) is 15.4 Å². The predicted octanol–water partition coefficient (Wildman–Crippen LogP) is 1.62. The Labute approximate surface area is 169 Å². The van der Waals surface area contributed by atoms with Gasteiger partial charge in [0.25, 0.3) is 0 Å².